The molecule has 0 spiro atoms. The lowest BCUT2D eigenvalue weighted by Gasteiger charge is -2.24. The molecular formula is C20H17ClN4O3S. The summed E-state index contributed by atoms with van der Waals surface area (Å²) in [5.41, 5.74) is 1.91. The summed E-state index contributed by atoms with van der Waals surface area (Å²) in [5.74, 6) is 0.101. The van der Waals surface area contributed by atoms with Gasteiger partial charge in [0.15, 0.2) is 10.8 Å². The van der Waals surface area contributed by atoms with Gasteiger partial charge in [-0.25, -0.2) is 4.98 Å². The van der Waals surface area contributed by atoms with Gasteiger partial charge < -0.3 is 9.42 Å². The summed E-state index contributed by atoms with van der Waals surface area (Å²) in [7, 11) is 0. The van der Waals surface area contributed by atoms with Gasteiger partial charge in [-0.3, -0.25) is 14.9 Å². The Hall–Kier alpha value is -2.97. The van der Waals surface area contributed by atoms with Crippen LogP contribution in [0.4, 0.5) is 5.13 Å². The highest BCUT2D eigenvalue weighted by Crippen LogP contribution is 2.29. The fourth-order valence-electron chi connectivity index (χ4n) is 2.95. The Morgan fingerprint density at radius 3 is 2.93 bits per heavy atom. The maximum absolute atomic E-state index is 12.6. The van der Waals surface area contributed by atoms with Crippen LogP contribution in [0.1, 0.15) is 32.4 Å². The SMILES string of the molecule is Cc1cc(C(=O)Nc2nc3c(s2)CN(C(=O)/C=C/c2ccccc2Cl)CC3)no1. The van der Waals surface area contributed by atoms with Gasteiger partial charge in [0, 0.05) is 35.0 Å². The third-order valence-corrected chi connectivity index (χ3v) is 5.78. The van der Waals surface area contributed by atoms with E-state index in [2.05, 4.69) is 15.5 Å². The van der Waals surface area contributed by atoms with Crippen LogP contribution in [0.25, 0.3) is 6.08 Å². The minimum Gasteiger partial charge on any atom is -0.361 e. The number of amides is 2. The van der Waals surface area contributed by atoms with Gasteiger partial charge in [-0.15, -0.1) is 0 Å². The highest BCUT2D eigenvalue weighted by atomic mass is 35.5. The molecule has 0 aliphatic carbocycles. The number of hydrogen-bond donors (Lipinski definition) is 1. The lowest BCUT2D eigenvalue weighted by molar-refractivity contribution is -0.126. The number of rotatable bonds is 4. The normalized spacial score (nSPS) is 13.5. The van der Waals surface area contributed by atoms with Crippen LogP contribution >= 0.6 is 22.9 Å². The van der Waals surface area contributed by atoms with Crippen molar-refractivity contribution in [3.63, 3.8) is 0 Å². The zero-order chi connectivity index (χ0) is 20.4. The second-order valence-electron chi connectivity index (χ2n) is 6.53. The number of halogens is 1. The number of carbonyl (C=O) groups is 2. The smallest absolute Gasteiger partial charge is 0.279 e. The Balaban J connectivity index is 1.41. The summed E-state index contributed by atoms with van der Waals surface area (Å²) in [6.45, 7) is 2.74. The molecule has 1 aliphatic rings. The molecule has 0 unspecified atom stereocenters. The van der Waals surface area contributed by atoms with E-state index in [4.69, 9.17) is 16.1 Å². The molecule has 0 saturated heterocycles. The first-order valence-corrected chi connectivity index (χ1v) is 10.1. The minimum atomic E-state index is -0.372. The summed E-state index contributed by atoms with van der Waals surface area (Å²) in [5, 5.41) is 7.53. The maximum Gasteiger partial charge on any atom is 0.279 e. The largest absolute Gasteiger partial charge is 0.361 e. The van der Waals surface area contributed by atoms with Crippen LogP contribution in [-0.4, -0.2) is 33.4 Å². The molecule has 7 nitrogen and oxygen atoms in total. The van der Waals surface area contributed by atoms with E-state index in [1.165, 1.54) is 17.4 Å². The quantitative estimate of drug-likeness (QED) is 0.636. The first-order valence-electron chi connectivity index (χ1n) is 8.94. The Labute approximate surface area is 176 Å². The van der Waals surface area contributed by atoms with Crippen molar-refractivity contribution in [3.8, 4) is 0 Å². The van der Waals surface area contributed by atoms with Gasteiger partial charge in [0.25, 0.3) is 5.91 Å². The van der Waals surface area contributed by atoms with Crippen LogP contribution in [0, 0.1) is 6.92 Å². The highest BCUT2D eigenvalue weighted by molar-refractivity contribution is 7.15. The molecular weight excluding hydrogens is 412 g/mol. The molecule has 0 saturated carbocycles. The van der Waals surface area contributed by atoms with Crippen molar-refractivity contribution in [2.24, 2.45) is 0 Å². The molecule has 2 amide bonds. The fourth-order valence-corrected chi connectivity index (χ4v) is 4.17. The number of nitrogens with zero attached hydrogens (tertiary/aromatic N) is 3. The number of thiazole rings is 1. The number of fused-ring (bicyclic) bond motifs is 1. The molecule has 0 atom stereocenters. The van der Waals surface area contributed by atoms with E-state index in [0.29, 0.717) is 35.4 Å². The molecule has 1 aromatic carbocycles. The number of benzene rings is 1. The second kappa shape index (κ2) is 8.18. The fraction of sp³-hybridized carbons (Fsp3) is 0.200. The van der Waals surface area contributed by atoms with Crippen molar-refractivity contribution in [1.29, 1.82) is 0 Å². The average molecular weight is 429 g/mol. The summed E-state index contributed by atoms with van der Waals surface area (Å²) in [6, 6.07) is 8.92. The first-order chi connectivity index (χ1) is 14.0. The predicted molar refractivity (Wildman–Crippen MR) is 111 cm³/mol. The van der Waals surface area contributed by atoms with Crippen molar-refractivity contribution in [1.82, 2.24) is 15.0 Å². The van der Waals surface area contributed by atoms with Crippen LogP contribution in [0.2, 0.25) is 5.02 Å². The monoisotopic (exact) mass is 428 g/mol. The van der Waals surface area contributed by atoms with Gasteiger partial charge in [0.2, 0.25) is 5.91 Å². The van der Waals surface area contributed by atoms with Gasteiger partial charge >= 0.3 is 0 Å². The van der Waals surface area contributed by atoms with Crippen LogP contribution < -0.4 is 5.32 Å². The number of anilines is 1. The molecule has 1 aliphatic heterocycles. The molecule has 0 fully saturated rings. The molecule has 3 aromatic rings. The maximum atomic E-state index is 12.6. The van der Waals surface area contributed by atoms with E-state index in [0.717, 1.165) is 16.1 Å². The molecule has 29 heavy (non-hydrogen) atoms. The van der Waals surface area contributed by atoms with Crippen molar-refractivity contribution < 1.29 is 14.1 Å². The van der Waals surface area contributed by atoms with Gasteiger partial charge in [-0.1, -0.05) is 46.3 Å². The minimum absolute atomic E-state index is 0.0902. The molecule has 2 aromatic heterocycles. The molecule has 148 valence electrons. The highest BCUT2D eigenvalue weighted by Gasteiger charge is 2.24. The van der Waals surface area contributed by atoms with Crippen LogP contribution in [0.5, 0.6) is 0 Å². The lowest BCUT2D eigenvalue weighted by Crippen LogP contribution is -2.34. The first kappa shape index (κ1) is 19.4. The Bertz CT molecular complexity index is 1100. The van der Waals surface area contributed by atoms with E-state index in [1.54, 1.807) is 30.0 Å². The van der Waals surface area contributed by atoms with Gasteiger partial charge in [0.1, 0.15) is 5.76 Å². The predicted octanol–water partition coefficient (Wildman–Crippen LogP) is 3.94. The van der Waals surface area contributed by atoms with Gasteiger partial charge in [-0.2, -0.15) is 0 Å². The number of aromatic nitrogens is 2. The molecule has 4 rings (SSSR count). The number of nitrogens with one attached hydrogen (secondary N) is 1. The van der Waals surface area contributed by atoms with Crippen LogP contribution in [0.15, 0.2) is 40.9 Å². The molecule has 3 heterocycles. The summed E-state index contributed by atoms with van der Waals surface area (Å²) >= 11 is 7.49. The standard InChI is InChI=1S/C20H17ClN4O3S/c1-12-10-16(24-28-12)19(27)23-20-22-15-8-9-25(11-17(15)29-20)18(26)7-6-13-4-2-3-5-14(13)21/h2-7,10H,8-9,11H2,1H3,(H,22,23,27)/b7-6+. The number of hydrogen-bond acceptors (Lipinski definition) is 6. The van der Waals surface area contributed by atoms with Crippen molar-refractivity contribution in [2.75, 3.05) is 11.9 Å². The average Bonchev–Trinajstić information content (AvgIpc) is 3.32. The zero-order valence-corrected chi connectivity index (χ0v) is 17.1. The number of carbonyl (C=O) groups excluding carboxylic acids is 2. The van der Waals surface area contributed by atoms with E-state index in [9.17, 15) is 9.59 Å². The van der Waals surface area contributed by atoms with Gasteiger partial charge in [0.05, 0.1) is 12.2 Å². The van der Waals surface area contributed by atoms with Crippen molar-refractivity contribution in [2.45, 2.75) is 19.9 Å². The van der Waals surface area contributed by atoms with Crippen molar-refractivity contribution >= 4 is 46.0 Å². The van der Waals surface area contributed by atoms with Gasteiger partial charge in [-0.05, 0) is 24.6 Å². The van der Waals surface area contributed by atoms with E-state index in [-0.39, 0.29) is 17.5 Å². The third kappa shape index (κ3) is 4.38. The second-order valence-corrected chi connectivity index (χ2v) is 8.02. The van der Waals surface area contributed by atoms with E-state index >= 15 is 0 Å². The van der Waals surface area contributed by atoms with Crippen LogP contribution in [0.3, 0.4) is 0 Å². The molecule has 9 heteroatoms. The topological polar surface area (TPSA) is 88.3 Å². The molecule has 0 radical (unpaired) electrons. The Morgan fingerprint density at radius 2 is 2.17 bits per heavy atom. The summed E-state index contributed by atoms with van der Waals surface area (Å²) in [4.78, 5) is 32.0. The van der Waals surface area contributed by atoms with Crippen molar-refractivity contribution in [3.05, 3.63) is 69.0 Å². The van der Waals surface area contributed by atoms with E-state index < -0.39 is 0 Å². The zero-order valence-electron chi connectivity index (χ0n) is 15.5. The molecule has 0 bridgehead atoms. The van der Waals surface area contributed by atoms with Crippen LogP contribution in [-0.2, 0) is 17.8 Å². The summed E-state index contributed by atoms with van der Waals surface area (Å²) in [6.07, 6.45) is 3.89. The van der Waals surface area contributed by atoms with E-state index in [1.807, 2.05) is 18.2 Å². The lowest BCUT2D eigenvalue weighted by atomic mass is 10.1. The Morgan fingerprint density at radius 1 is 1.34 bits per heavy atom. The third-order valence-electron chi connectivity index (χ3n) is 4.43. The Kier molecular flexibility index (Phi) is 5.46. The summed E-state index contributed by atoms with van der Waals surface area (Å²) < 4.78 is 4.92. The molecule has 1 N–H and O–H groups in total. The number of aryl methyl sites for hydroxylation is 1.